The number of aromatic nitrogens is 2. The van der Waals surface area contributed by atoms with Gasteiger partial charge in [-0.3, -0.25) is 4.79 Å². The topological polar surface area (TPSA) is 37.6 Å². The normalized spacial score (nSPS) is 20.2. The van der Waals surface area contributed by atoms with Gasteiger partial charge in [0.05, 0.1) is 5.69 Å². The quantitative estimate of drug-likeness (QED) is 0.788. The third kappa shape index (κ3) is 2.40. The predicted molar refractivity (Wildman–Crippen MR) is 74.6 cm³/mol. The summed E-state index contributed by atoms with van der Waals surface area (Å²) >= 11 is 0. The molecule has 2 aromatic rings. The number of pyridine rings is 1. The van der Waals surface area contributed by atoms with Gasteiger partial charge in [0.2, 0.25) is 0 Å². The van der Waals surface area contributed by atoms with Gasteiger partial charge in [-0.15, -0.1) is 0 Å². The van der Waals surface area contributed by atoms with Gasteiger partial charge in [-0.05, 0) is 38.1 Å². The monoisotopic (exact) mass is 257 g/mol. The van der Waals surface area contributed by atoms with E-state index in [1.165, 1.54) is 19.4 Å². The molecular formula is C15H19N3O. The van der Waals surface area contributed by atoms with E-state index >= 15 is 0 Å². The molecule has 0 N–H and O–H groups in total. The molecule has 4 heteroatoms. The second-order valence-corrected chi connectivity index (χ2v) is 5.21. The molecule has 0 aliphatic carbocycles. The smallest absolute Gasteiger partial charge is 0.151 e. The number of fused-ring (bicyclic) bond motifs is 1. The van der Waals surface area contributed by atoms with Gasteiger partial charge >= 0.3 is 0 Å². The van der Waals surface area contributed by atoms with Crippen molar-refractivity contribution in [3.63, 3.8) is 0 Å². The minimum absolute atomic E-state index is 0.625. The Bertz CT molecular complexity index is 590. The number of hydrogen-bond donors (Lipinski definition) is 0. The van der Waals surface area contributed by atoms with E-state index in [9.17, 15) is 4.79 Å². The van der Waals surface area contributed by atoms with Crippen LogP contribution in [0.3, 0.4) is 0 Å². The Morgan fingerprint density at radius 3 is 3.11 bits per heavy atom. The third-order valence-corrected chi connectivity index (χ3v) is 4.01. The molecule has 1 aliphatic heterocycles. The summed E-state index contributed by atoms with van der Waals surface area (Å²) in [6.07, 6.45) is 8.32. The van der Waals surface area contributed by atoms with E-state index < -0.39 is 0 Å². The molecule has 19 heavy (non-hydrogen) atoms. The van der Waals surface area contributed by atoms with Crippen LogP contribution in [-0.2, 0) is 6.42 Å². The molecule has 0 saturated carbocycles. The summed E-state index contributed by atoms with van der Waals surface area (Å²) in [6.45, 7) is 4.55. The maximum Gasteiger partial charge on any atom is 0.151 e. The zero-order valence-corrected chi connectivity index (χ0v) is 11.2. The van der Waals surface area contributed by atoms with Gasteiger partial charge in [-0.25, -0.2) is 4.98 Å². The molecule has 1 aliphatic rings. The largest absolute Gasteiger partial charge is 0.306 e. The number of imidazole rings is 1. The highest BCUT2D eigenvalue weighted by Crippen LogP contribution is 2.20. The Balaban J connectivity index is 1.83. The first-order valence-electron chi connectivity index (χ1n) is 6.97. The van der Waals surface area contributed by atoms with E-state index in [2.05, 4.69) is 23.0 Å². The molecule has 1 saturated heterocycles. The van der Waals surface area contributed by atoms with E-state index in [0.717, 1.165) is 30.6 Å². The highest BCUT2D eigenvalue weighted by atomic mass is 16.1. The Kier molecular flexibility index (Phi) is 3.34. The maximum atomic E-state index is 10.8. The zero-order valence-electron chi connectivity index (χ0n) is 11.2. The van der Waals surface area contributed by atoms with Crippen molar-refractivity contribution in [2.75, 3.05) is 13.1 Å². The van der Waals surface area contributed by atoms with Crippen LogP contribution in [-0.4, -0.2) is 39.7 Å². The summed E-state index contributed by atoms with van der Waals surface area (Å²) in [5.74, 6) is 0. The van der Waals surface area contributed by atoms with Crippen molar-refractivity contribution in [3.8, 4) is 0 Å². The van der Waals surface area contributed by atoms with Crippen molar-refractivity contribution in [2.45, 2.75) is 32.2 Å². The lowest BCUT2D eigenvalue weighted by Crippen LogP contribution is -2.30. The lowest BCUT2D eigenvalue weighted by atomic mass is 10.1. The average molecular weight is 257 g/mol. The maximum absolute atomic E-state index is 10.8. The first-order valence-corrected chi connectivity index (χ1v) is 6.97. The summed E-state index contributed by atoms with van der Waals surface area (Å²) in [5.41, 5.74) is 2.72. The van der Waals surface area contributed by atoms with Crippen LogP contribution in [0.1, 0.15) is 35.8 Å². The van der Waals surface area contributed by atoms with E-state index in [1.807, 2.05) is 22.7 Å². The third-order valence-electron chi connectivity index (χ3n) is 4.01. The van der Waals surface area contributed by atoms with Crippen LogP contribution in [0.15, 0.2) is 24.5 Å². The summed E-state index contributed by atoms with van der Waals surface area (Å²) in [4.78, 5) is 17.9. The molecule has 0 amide bonds. The van der Waals surface area contributed by atoms with Crippen molar-refractivity contribution in [3.05, 3.63) is 35.8 Å². The highest BCUT2D eigenvalue weighted by molar-refractivity contribution is 5.74. The van der Waals surface area contributed by atoms with Gasteiger partial charge in [-0.2, -0.15) is 0 Å². The minimum atomic E-state index is 0.625. The fourth-order valence-corrected chi connectivity index (χ4v) is 3.01. The van der Waals surface area contributed by atoms with Crippen LogP contribution in [0.25, 0.3) is 5.65 Å². The van der Waals surface area contributed by atoms with Crippen LogP contribution in [0.2, 0.25) is 0 Å². The molecule has 0 aromatic carbocycles. The zero-order chi connectivity index (χ0) is 13.2. The summed E-state index contributed by atoms with van der Waals surface area (Å²) in [5, 5.41) is 0. The van der Waals surface area contributed by atoms with Gasteiger partial charge in [0.15, 0.2) is 6.29 Å². The van der Waals surface area contributed by atoms with Crippen LogP contribution >= 0.6 is 0 Å². The fourth-order valence-electron chi connectivity index (χ4n) is 3.01. The standard InChI is InChI=1S/C15H19N3O/c1-2-17-7-3-4-14(17)8-13-10-18-9-12(11-19)5-6-15(18)16-13/h5-6,9-11,14H,2-4,7-8H2,1H3. The molecule has 0 spiro atoms. The molecule has 2 aromatic heterocycles. The summed E-state index contributed by atoms with van der Waals surface area (Å²) in [7, 11) is 0. The molecule has 1 fully saturated rings. The van der Waals surface area contributed by atoms with Crippen LogP contribution in [0.5, 0.6) is 0 Å². The number of likely N-dealkylation sites (tertiary alicyclic amines) is 1. The predicted octanol–water partition coefficient (Wildman–Crippen LogP) is 2.17. The SMILES string of the molecule is CCN1CCCC1Cc1cn2cc(C=O)ccc2n1. The highest BCUT2D eigenvalue weighted by Gasteiger charge is 2.23. The van der Waals surface area contributed by atoms with E-state index in [4.69, 9.17) is 0 Å². The Morgan fingerprint density at radius 1 is 1.42 bits per heavy atom. The second kappa shape index (κ2) is 5.13. The van der Waals surface area contributed by atoms with Crippen LogP contribution < -0.4 is 0 Å². The van der Waals surface area contributed by atoms with E-state index in [1.54, 1.807) is 0 Å². The summed E-state index contributed by atoms with van der Waals surface area (Å²) < 4.78 is 1.95. The number of rotatable bonds is 4. The van der Waals surface area contributed by atoms with Crippen molar-refractivity contribution in [1.82, 2.24) is 14.3 Å². The Morgan fingerprint density at radius 2 is 2.32 bits per heavy atom. The van der Waals surface area contributed by atoms with Crippen molar-refractivity contribution < 1.29 is 4.79 Å². The van der Waals surface area contributed by atoms with E-state index in [-0.39, 0.29) is 0 Å². The van der Waals surface area contributed by atoms with Crippen LogP contribution in [0.4, 0.5) is 0 Å². The first kappa shape index (κ1) is 12.4. The Hall–Kier alpha value is -1.68. The molecule has 0 bridgehead atoms. The molecule has 0 radical (unpaired) electrons. The molecule has 3 heterocycles. The number of likely N-dealkylation sites (N-methyl/N-ethyl adjacent to an activating group) is 1. The number of carbonyl (C=O) groups is 1. The number of carbonyl (C=O) groups excluding carboxylic acids is 1. The van der Waals surface area contributed by atoms with E-state index in [0.29, 0.717) is 11.6 Å². The Labute approximate surface area is 113 Å². The number of aldehydes is 1. The van der Waals surface area contributed by atoms with Crippen molar-refractivity contribution in [1.29, 1.82) is 0 Å². The molecule has 100 valence electrons. The minimum Gasteiger partial charge on any atom is -0.306 e. The second-order valence-electron chi connectivity index (χ2n) is 5.21. The average Bonchev–Trinajstić information content (AvgIpc) is 3.03. The molecule has 1 atom stereocenters. The van der Waals surface area contributed by atoms with Gasteiger partial charge < -0.3 is 9.30 Å². The lowest BCUT2D eigenvalue weighted by molar-refractivity contribution is 0.112. The van der Waals surface area contributed by atoms with Gasteiger partial charge in [-0.1, -0.05) is 6.92 Å². The molecule has 3 rings (SSSR count). The number of nitrogens with zero attached hydrogens (tertiary/aromatic N) is 3. The van der Waals surface area contributed by atoms with Crippen LogP contribution in [0, 0.1) is 0 Å². The van der Waals surface area contributed by atoms with Crippen molar-refractivity contribution >= 4 is 11.9 Å². The number of hydrogen-bond acceptors (Lipinski definition) is 3. The molecular weight excluding hydrogens is 238 g/mol. The van der Waals surface area contributed by atoms with Gasteiger partial charge in [0.1, 0.15) is 5.65 Å². The lowest BCUT2D eigenvalue weighted by Gasteiger charge is -2.21. The van der Waals surface area contributed by atoms with Gasteiger partial charge in [0, 0.05) is 30.4 Å². The van der Waals surface area contributed by atoms with Crippen molar-refractivity contribution in [2.24, 2.45) is 0 Å². The molecule has 4 nitrogen and oxygen atoms in total. The van der Waals surface area contributed by atoms with Gasteiger partial charge in [0.25, 0.3) is 0 Å². The fraction of sp³-hybridized carbons (Fsp3) is 0.467. The summed E-state index contributed by atoms with van der Waals surface area (Å²) in [6, 6.07) is 4.34. The molecule has 1 unspecified atom stereocenters. The first-order chi connectivity index (χ1) is 9.30.